The molecule has 1 aliphatic heterocycles. The zero-order chi connectivity index (χ0) is 15.8. The summed E-state index contributed by atoms with van der Waals surface area (Å²) < 4.78 is 37.5. The topological polar surface area (TPSA) is 42.3 Å². The highest BCUT2D eigenvalue weighted by Gasteiger charge is 2.41. The van der Waals surface area contributed by atoms with E-state index < -0.39 is 22.8 Å². The SMILES string of the molecule is CC(C)(O)C(C)(C)[OH+][B]c1cc2c(c(F)c1F)OCCC2. The van der Waals surface area contributed by atoms with Gasteiger partial charge in [-0.25, -0.2) is 4.39 Å². The number of hydrogen-bond donors (Lipinski definition) is 1. The zero-order valence-electron chi connectivity index (χ0n) is 12.8. The van der Waals surface area contributed by atoms with E-state index in [1.165, 1.54) is 7.48 Å². The zero-order valence-corrected chi connectivity index (χ0v) is 12.8. The minimum Gasteiger partial charge on any atom is -0.530 e. The summed E-state index contributed by atoms with van der Waals surface area (Å²) in [5, 5.41) is 10.0. The highest BCUT2D eigenvalue weighted by molar-refractivity contribution is 6.46. The number of hydrogen-bond acceptors (Lipinski definition) is 2. The number of rotatable bonds is 4. The van der Waals surface area contributed by atoms with E-state index in [0.29, 0.717) is 18.6 Å². The summed E-state index contributed by atoms with van der Waals surface area (Å²) in [6.45, 7) is 7.13. The van der Waals surface area contributed by atoms with Crippen molar-refractivity contribution in [3.8, 4) is 5.75 Å². The first-order valence-corrected chi connectivity index (χ1v) is 7.05. The largest absolute Gasteiger partial charge is 0.628 e. The van der Waals surface area contributed by atoms with Crippen LogP contribution < -0.4 is 10.2 Å². The number of fused-ring (bicyclic) bond motifs is 1. The molecular formula is C15H21BF2O3+. The first-order valence-electron chi connectivity index (χ1n) is 7.05. The second-order valence-electron chi connectivity index (χ2n) is 6.41. The number of ether oxygens (including phenoxy) is 1. The fourth-order valence-corrected chi connectivity index (χ4v) is 1.95. The van der Waals surface area contributed by atoms with Crippen molar-refractivity contribution in [3.05, 3.63) is 23.3 Å². The highest BCUT2D eigenvalue weighted by atomic mass is 19.2. The smallest absolute Gasteiger partial charge is 0.530 e. The Labute approximate surface area is 124 Å². The third-order valence-corrected chi connectivity index (χ3v) is 4.13. The molecule has 0 aliphatic carbocycles. The monoisotopic (exact) mass is 298 g/mol. The molecule has 115 valence electrons. The Kier molecular flexibility index (Phi) is 4.31. The molecular weight excluding hydrogens is 277 g/mol. The van der Waals surface area contributed by atoms with E-state index in [2.05, 4.69) is 4.65 Å². The lowest BCUT2D eigenvalue weighted by Gasteiger charge is -2.34. The standard InChI is InChI=1S/C15H21BF2O3/c1-14(2,19)15(3,4)21-16-10-8-9-6-5-7-20-13(9)12(18)11(10)17/h8,19,21H,5-7H2,1-4H3/q+1. The molecule has 21 heavy (non-hydrogen) atoms. The normalized spacial score (nSPS) is 15.4. The Bertz CT molecular complexity index is 539. The van der Waals surface area contributed by atoms with Crippen LogP contribution in [0.5, 0.6) is 5.75 Å². The first-order chi connectivity index (χ1) is 9.63. The van der Waals surface area contributed by atoms with Gasteiger partial charge in [0.25, 0.3) is 0 Å². The molecule has 0 unspecified atom stereocenters. The van der Waals surface area contributed by atoms with Crippen molar-refractivity contribution in [2.45, 2.75) is 51.7 Å². The third kappa shape index (κ3) is 3.21. The van der Waals surface area contributed by atoms with Crippen LogP contribution in [-0.4, -0.2) is 35.1 Å². The average Bonchev–Trinajstić information content (AvgIpc) is 2.40. The second-order valence-corrected chi connectivity index (χ2v) is 6.41. The summed E-state index contributed by atoms with van der Waals surface area (Å²) in [4.78, 5) is 0. The molecule has 0 bridgehead atoms. The number of halogens is 2. The summed E-state index contributed by atoms with van der Waals surface area (Å²) in [5.41, 5.74) is -1.16. The second kappa shape index (κ2) is 5.57. The maximum atomic E-state index is 14.1. The summed E-state index contributed by atoms with van der Waals surface area (Å²) >= 11 is 0. The van der Waals surface area contributed by atoms with Gasteiger partial charge < -0.3 is 14.5 Å². The van der Waals surface area contributed by atoms with E-state index in [1.807, 2.05) is 0 Å². The molecule has 0 saturated carbocycles. The number of aliphatic hydroxyl groups is 2. The van der Waals surface area contributed by atoms with Gasteiger partial charge in [0.15, 0.2) is 17.2 Å². The van der Waals surface area contributed by atoms with Crippen LogP contribution in [0.2, 0.25) is 0 Å². The molecule has 0 fully saturated rings. The molecule has 2 N–H and O–H groups in total. The van der Waals surface area contributed by atoms with Gasteiger partial charge in [-0.2, -0.15) is 4.39 Å². The molecule has 0 spiro atoms. The van der Waals surface area contributed by atoms with E-state index in [1.54, 1.807) is 33.8 Å². The van der Waals surface area contributed by atoms with Gasteiger partial charge >= 0.3 is 7.48 Å². The Morgan fingerprint density at radius 1 is 1.24 bits per heavy atom. The summed E-state index contributed by atoms with van der Waals surface area (Å²) in [6, 6.07) is 1.57. The van der Waals surface area contributed by atoms with Crippen molar-refractivity contribution in [3.63, 3.8) is 0 Å². The summed E-state index contributed by atoms with van der Waals surface area (Å²) in [7, 11) is 1.28. The molecule has 1 aliphatic rings. The van der Waals surface area contributed by atoms with Gasteiger partial charge in [0, 0.05) is 13.8 Å². The number of aryl methyl sites for hydroxylation is 1. The maximum Gasteiger partial charge on any atom is 0.628 e. The molecule has 1 radical (unpaired) electrons. The molecule has 1 aromatic rings. The van der Waals surface area contributed by atoms with Crippen molar-refractivity contribution in [2.75, 3.05) is 6.61 Å². The molecule has 0 saturated heterocycles. The van der Waals surface area contributed by atoms with Crippen LogP contribution in [0.3, 0.4) is 0 Å². The number of benzene rings is 1. The molecule has 1 heterocycles. The van der Waals surface area contributed by atoms with Gasteiger partial charge in [0.2, 0.25) is 5.82 Å². The fourth-order valence-electron chi connectivity index (χ4n) is 1.95. The molecule has 2 rings (SSSR count). The van der Waals surface area contributed by atoms with Crippen molar-refractivity contribution in [2.24, 2.45) is 0 Å². The van der Waals surface area contributed by atoms with Gasteiger partial charge in [-0.15, -0.1) is 0 Å². The summed E-state index contributed by atoms with van der Waals surface area (Å²) in [5.74, 6) is -1.92. The minimum absolute atomic E-state index is 0.0117. The lowest BCUT2D eigenvalue weighted by Crippen LogP contribution is -2.52. The van der Waals surface area contributed by atoms with Crippen LogP contribution in [-0.2, 0) is 6.42 Å². The van der Waals surface area contributed by atoms with Gasteiger partial charge in [-0.05, 0) is 38.3 Å². The van der Waals surface area contributed by atoms with E-state index in [4.69, 9.17) is 4.74 Å². The predicted molar refractivity (Wildman–Crippen MR) is 78.2 cm³/mol. The van der Waals surface area contributed by atoms with E-state index in [-0.39, 0.29) is 11.2 Å². The first kappa shape index (κ1) is 16.2. The van der Waals surface area contributed by atoms with Crippen molar-refractivity contribution in [1.82, 2.24) is 0 Å². The molecule has 0 atom stereocenters. The Balaban J connectivity index is 2.24. The van der Waals surface area contributed by atoms with Gasteiger partial charge in [0.05, 0.1) is 12.1 Å². The quantitative estimate of drug-likeness (QED) is 0.678. The van der Waals surface area contributed by atoms with Crippen LogP contribution in [0.4, 0.5) is 8.78 Å². The van der Waals surface area contributed by atoms with Crippen LogP contribution >= 0.6 is 0 Å². The fraction of sp³-hybridized carbons (Fsp3) is 0.600. The molecule has 1 aromatic carbocycles. The van der Waals surface area contributed by atoms with Crippen LogP contribution in [0.1, 0.15) is 39.7 Å². The van der Waals surface area contributed by atoms with E-state index in [0.717, 1.165) is 6.42 Å². The van der Waals surface area contributed by atoms with Gasteiger partial charge in [-0.1, -0.05) is 0 Å². The molecule has 3 nitrogen and oxygen atoms in total. The summed E-state index contributed by atoms with van der Waals surface area (Å²) in [6.07, 6.45) is 1.44. The predicted octanol–water partition coefficient (Wildman–Crippen LogP) is 1.61. The van der Waals surface area contributed by atoms with E-state index >= 15 is 0 Å². The third-order valence-electron chi connectivity index (χ3n) is 4.13. The lowest BCUT2D eigenvalue weighted by molar-refractivity contribution is -0.157. The van der Waals surface area contributed by atoms with Gasteiger partial charge in [0.1, 0.15) is 5.60 Å². The Morgan fingerprint density at radius 2 is 1.90 bits per heavy atom. The Morgan fingerprint density at radius 3 is 2.52 bits per heavy atom. The minimum atomic E-state index is -1.07. The van der Waals surface area contributed by atoms with E-state index in [9.17, 15) is 13.9 Å². The molecule has 6 heteroatoms. The molecule has 0 aromatic heterocycles. The Hall–Kier alpha value is -1.14. The maximum absolute atomic E-state index is 14.1. The van der Waals surface area contributed by atoms with Crippen LogP contribution in [0, 0.1) is 11.6 Å². The van der Waals surface area contributed by atoms with Crippen molar-refractivity contribution >= 4 is 12.9 Å². The highest BCUT2D eigenvalue weighted by Crippen LogP contribution is 2.29. The van der Waals surface area contributed by atoms with Gasteiger partial charge in [-0.3, -0.25) is 0 Å². The molecule has 0 amide bonds. The lowest BCUT2D eigenvalue weighted by atomic mass is 9.81. The van der Waals surface area contributed by atoms with Crippen molar-refractivity contribution in [1.29, 1.82) is 0 Å². The average molecular weight is 298 g/mol. The van der Waals surface area contributed by atoms with Crippen LogP contribution in [0.25, 0.3) is 0 Å². The van der Waals surface area contributed by atoms with Crippen molar-refractivity contribution < 1.29 is 23.3 Å². The van der Waals surface area contributed by atoms with Crippen LogP contribution in [0.15, 0.2) is 6.07 Å².